The van der Waals surface area contributed by atoms with Crippen molar-refractivity contribution in [1.29, 1.82) is 0 Å². The molecule has 4 nitrogen and oxygen atoms in total. The van der Waals surface area contributed by atoms with Gasteiger partial charge in [-0.05, 0) is 30.3 Å². The lowest BCUT2D eigenvalue weighted by Crippen LogP contribution is -2.29. The minimum absolute atomic E-state index is 0.243. The zero-order chi connectivity index (χ0) is 15.0. The Morgan fingerprint density at radius 3 is 2.29 bits per heavy atom. The molecule has 0 unspecified atom stereocenters. The highest BCUT2D eigenvalue weighted by atomic mass is 79.9. The predicted octanol–water partition coefficient (Wildman–Crippen LogP) is 3.38. The molecule has 106 valence electrons. The summed E-state index contributed by atoms with van der Waals surface area (Å²) in [7, 11) is 0. The van der Waals surface area contributed by atoms with E-state index in [2.05, 4.69) is 15.9 Å². The molecule has 2 amide bonds. The van der Waals surface area contributed by atoms with Gasteiger partial charge in [-0.15, -0.1) is 11.8 Å². The third-order valence-electron chi connectivity index (χ3n) is 3.20. The molecule has 0 spiro atoms. The molecular weight excluding hydrogens is 352 g/mol. The minimum Gasteiger partial charge on any atom is -0.398 e. The molecule has 0 atom stereocenters. The minimum atomic E-state index is -0.253. The van der Waals surface area contributed by atoms with Crippen molar-refractivity contribution in [3.05, 3.63) is 58.1 Å². The van der Waals surface area contributed by atoms with Gasteiger partial charge in [0.1, 0.15) is 0 Å². The summed E-state index contributed by atoms with van der Waals surface area (Å²) in [4.78, 5) is 26.5. The Kier molecular flexibility index (Phi) is 3.73. The number of nitrogens with two attached hydrogens (primary N) is 1. The number of nitrogens with zero attached hydrogens (tertiary/aromatic N) is 1. The van der Waals surface area contributed by atoms with E-state index in [0.29, 0.717) is 16.8 Å². The van der Waals surface area contributed by atoms with E-state index in [1.165, 1.54) is 16.7 Å². The molecule has 1 heterocycles. The van der Waals surface area contributed by atoms with Crippen LogP contribution >= 0.6 is 27.7 Å². The maximum absolute atomic E-state index is 12.2. The summed E-state index contributed by atoms with van der Waals surface area (Å²) in [6.45, 7) is 0. The first-order chi connectivity index (χ1) is 10.1. The van der Waals surface area contributed by atoms with Crippen LogP contribution in [0.1, 0.15) is 20.7 Å². The van der Waals surface area contributed by atoms with E-state index in [-0.39, 0.29) is 17.7 Å². The van der Waals surface area contributed by atoms with E-state index >= 15 is 0 Å². The maximum Gasteiger partial charge on any atom is 0.262 e. The van der Waals surface area contributed by atoms with Crippen LogP contribution in [0.25, 0.3) is 0 Å². The number of carbonyl (C=O) groups is 2. The first-order valence-corrected chi connectivity index (χ1v) is 7.99. The van der Waals surface area contributed by atoms with Crippen LogP contribution in [0, 0.1) is 0 Å². The van der Waals surface area contributed by atoms with Gasteiger partial charge in [0, 0.05) is 15.1 Å². The van der Waals surface area contributed by atoms with Crippen molar-refractivity contribution in [2.24, 2.45) is 0 Å². The zero-order valence-electron chi connectivity index (χ0n) is 10.9. The second-order valence-corrected chi connectivity index (χ2v) is 6.44. The Morgan fingerprint density at radius 1 is 1.05 bits per heavy atom. The standard InChI is InChI=1S/C15H11BrN2O2S/c16-9-5-6-12(17)13(7-9)21-8-18-14(19)10-3-1-2-4-11(10)15(18)20/h1-7H,8,17H2. The van der Waals surface area contributed by atoms with Crippen LogP contribution in [0.3, 0.4) is 0 Å². The highest BCUT2D eigenvalue weighted by molar-refractivity contribution is 9.10. The Hall–Kier alpha value is -1.79. The molecule has 2 N–H and O–H groups in total. The van der Waals surface area contributed by atoms with Gasteiger partial charge in [-0.2, -0.15) is 0 Å². The zero-order valence-corrected chi connectivity index (χ0v) is 13.3. The molecule has 1 aliphatic heterocycles. The highest BCUT2D eigenvalue weighted by Gasteiger charge is 2.34. The fourth-order valence-corrected chi connectivity index (χ4v) is 3.58. The molecular formula is C15H11BrN2O2S. The van der Waals surface area contributed by atoms with Crippen molar-refractivity contribution >= 4 is 45.2 Å². The smallest absolute Gasteiger partial charge is 0.262 e. The molecule has 21 heavy (non-hydrogen) atoms. The molecule has 6 heteroatoms. The van der Waals surface area contributed by atoms with Crippen LogP contribution in [0.4, 0.5) is 5.69 Å². The topological polar surface area (TPSA) is 63.4 Å². The summed E-state index contributed by atoms with van der Waals surface area (Å²) >= 11 is 4.75. The second-order valence-electron chi connectivity index (χ2n) is 4.54. The number of nitrogen functional groups attached to an aromatic ring is 1. The van der Waals surface area contributed by atoms with Crippen molar-refractivity contribution in [3.8, 4) is 0 Å². The molecule has 0 radical (unpaired) electrons. The monoisotopic (exact) mass is 362 g/mol. The number of hydrogen-bond donors (Lipinski definition) is 1. The summed E-state index contributed by atoms with van der Waals surface area (Å²) in [6.07, 6.45) is 0. The molecule has 0 aromatic heterocycles. The van der Waals surface area contributed by atoms with Gasteiger partial charge >= 0.3 is 0 Å². The fourth-order valence-electron chi connectivity index (χ4n) is 2.12. The van der Waals surface area contributed by atoms with Gasteiger partial charge in [0.15, 0.2) is 0 Å². The summed E-state index contributed by atoms with van der Waals surface area (Å²) in [5.41, 5.74) is 7.45. The van der Waals surface area contributed by atoms with Gasteiger partial charge in [-0.1, -0.05) is 28.1 Å². The Morgan fingerprint density at radius 2 is 1.67 bits per heavy atom. The molecule has 1 aliphatic rings. The number of rotatable bonds is 3. The number of thioether (sulfide) groups is 1. The molecule has 0 bridgehead atoms. The van der Waals surface area contributed by atoms with Gasteiger partial charge < -0.3 is 5.73 Å². The van der Waals surface area contributed by atoms with E-state index in [1.807, 2.05) is 12.1 Å². The van der Waals surface area contributed by atoms with E-state index in [4.69, 9.17) is 5.73 Å². The third kappa shape index (κ3) is 2.56. The largest absolute Gasteiger partial charge is 0.398 e. The van der Waals surface area contributed by atoms with E-state index in [9.17, 15) is 9.59 Å². The number of fused-ring (bicyclic) bond motifs is 1. The van der Waals surface area contributed by atoms with Crippen molar-refractivity contribution in [3.63, 3.8) is 0 Å². The maximum atomic E-state index is 12.2. The summed E-state index contributed by atoms with van der Waals surface area (Å²) in [6, 6.07) is 12.4. The van der Waals surface area contributed by atoms with Gasteiger partial charge in [-0.3, -0.25) is 14.5 Å². The van der Waals surface area contributed by atoms with E-state index < -0.39 is 0 Å². The van der Waals surface area contributed by atoms with E-state index in [1.54, 1.807) is 30.3 Å². The average molecular weight is 363 g/mol. The van der Waals surface area contributed by atoms with Gasteiger partial charge in [0.05, 0.1) is 17.0 Å². The predicted molar refractivity (Wildman–Crippen MR) is 86.2 cm³/mol. The van der Waals surface area contributed by atoms with Crippen LogP contribution in [-0.2, 0) is 0 Å². The number of halogens is 1. The van der Waals surface area contributed by atoms with Crippen LogP contribution in [0.5, 0.6) is 0 Å². The van der Waals surface area contributed by atoms with Crippen LogP contribution in [0.2, 0.25) is 0 Å². The lowest BCUT2D eigenvalue weighted by Gasteiger charge is -2.14. The van der Waals surface area contributed by atoms with Crippen LogP contribution in [0.15, 0.2) is 51.8 Å². The molecule has 0 saturated heterocycles. The molecule has 2 aromatic carbocycles. The number of amides is 2. The summed E-state index contributed by atoms with van der Waals surface area (Å²) < 4.78 is 0.904. The first kappa shape index (κ1) is 14.2. The summed E-state index contributed by atoms with van der Waals surface area (Å²) in [5.74, 6) is -0.263. The highest BCUT2D eigenvalue weighted by Crippen LogP contribution is 2.31. The van der Waals surface area contributed by atoms with Crippen molar-refractivity contribution in [2.75, 3.05) is 11.6 Å². The van der Waals surface area contributed by atoms with Crippen molar-refractivity contribution in [1.82, 2.24) is 4.90 Å². The van der Waals surface area contributed by atoms with Gasteiger partial charge in [0.2, 0.25) is 0 Å². The normalized spacial score (nSPS) is 13.7. The molecule has 3 rings (SSSR count). The molecule has 2 aromatic rings. The molecule has 0 fully saturated rings. The quantitative estimate of drug-likeness (QED) is 0.516. The Labute approximate surface area is 134 Å². The van der Waals surface area contributed by atoms with Crippen molar-refractivity contribution in [2.45, 2.75) is 4.90 Å². The molecule has 0 aliphatic carbocycles. The van der Waals surface area contributed by atoms with Crippen molar-refractivity contribution < 1.29 is 9.59 Å². The number of carbonyl (C=O) groups excluding carboxylic acids is 2. The molecule has 0 saturated carbocycles. The lowest BCUT2D eigenvalue weighted by molar-refractivity contribution is 0.0684. The van der Waals surface area contributed by atoms with E-state index in [0.717, 1.165) is 9.37 Å². The number of imide groups is 1. The van der Waals surface area contributed by atoms with Gasteiger partial charge in [-0.25, -0.2) is 0 Å². The number of benzene rings is 2. The first-order valence-electron chi connectivity index (χ1n) is 6.21. The number of hydrogen-bond acceptors (Lipinski definition) is 4. The fraction of sp³-hybridized carbons (Fsp3) is 0.0667. The third-order valence-corrected chi connectivity index (χ3v) is 4.75. The SMILES string of the molecule is Nc1ccc(Br)cc1SCN1C(=O)c2ccccc2C1=O. The van der Waals surface area contributed by atoms with Crippen LogP contribution < -0.4 is 5.73 Å². The summed E-state index contributed by atoms with van der Waals surface area (Å²) in [5, 5.41) is 0. The second kappa shape index (κ2) is 5.54. The average Bonchev–Trinajstić information content (AvgIpc) is 2.73. The van der Waals surface area contributed by atoms with Crippen LogP contribution in [-0.4, -0.2) is 22.6 Å². The lowest BCUT2D eigenvalue weighted by atomic mass is 10.1. The Bertz CT molecular complexity index is 713. The van der Waals surface area contributed by atoms with Gasteiger partial charge in [0.25, 0.3) is 11.8 Å². The Balaban J connectivity index is 1.80. The number of anilines is 1.